The summed E-state index contributed by atoms with van der Waals surface area (Å²) in [5.41, 5.74) is -0.919. The zero-order valence-electron chi connectivity index (χ0n) is 17.0. The molecule has 1 saturated carbocycles. The number of hydrogen-bond donors (Lipinski definition) is 1. The summed E-state index contributed by atoms with van der Waals surface area (Å²) >= 11 is 0. The lowest BCUT2D eigenvalue weighted by molar-refractivity contribution is 0.00447. The predicted octanol–water partition coefficient (Wildman–Crippen LogP) is 4.98. The highest BCUT2D eigenvalue weighted by Crippen LogP contribution is 2.49. The summed E-state index contributed by atoms with van der Waals surface area (Å²) in [5, 5.41) is 10.9. The second kappa shape index (κ2) is 7.94. The Balaban J connectivity index is 1.61. The molecular weight excluding hydrogens is 356 g/mol. The molecular formula is C23H32O5. The maximum Gasteiger partial charge on any atom is 0.347 e. The maximum atomic E-state index is 13.0. The molecule has 3 atom stereocenters. The average Bonchev–Trinajstić information content (AvgIpc) is 3.40. The Morgan fingerprint density at radius 1 is 1.29 bits per heavy atom. The van der Waals surface area contributed by atoms with Gasteiger partial charge in [0.2, 0.25) is 0 Å². The van der Waals surface area contributed by atoms with E-state index >= 15 is 0 Å². The standard InChI is InChI=1S/C23H32O5/c1-3-18(11-17-5-4-10-26-14-17)20-12-19(24)21(22(25)27-20)23(13-16-6-7-16)9-8-15(2)28-23/h8,12,16-18,24H,3-7,9-11,13-14H2,1-2H3. The molecule has 5 heteroatoms. The summed E-state index contributed by atoms with van der Waals surface area (Å²) in [4.78, 5) is 13.0. The van der Waals surface area contributed by atoms with Gasteiger partial charge in [0, 0.05) is 31.6 Å². The molecule has 1 aliphatic carbocycles. The smallest absolute Gasteiger partial charge is 0.347 e. The van der Waals surface area contributed by atoms with Crippen LogP contribution in [0.5, 0.6) is 5.75 Å². The Bertz CT molecular complexity index is 785. The summed E-state index contributed by atoms with van der Waals surface area (Å²) in [6.45, 7) is 5.62. The van der Waals surface area contributed by atoms with Gasteiger partial charge in [-0.15, -0.1) is 0 Å². The van der Waals surface area contributed by atoms with Crippen molar-refractivity contribution in [3.8, 4) is 5.75 Å². The van der Waals surface area contributed by atoms with Gasteiger partial charge in [0.15, 0.2) is 0 Å². The lowest BCUT2D eigenvalue weighted by Gasteiger charge is -2.30. The van der Waals surface area contributed by atoms with E-state index in [0.717, 1.165) is 63.9 Å². The number of rotatable bonds is 7. The van der Waals surface area contributed by atoms with Gasteiger partial charge >= 0.3 is 5.63 Å². The fourth-order valence-corrected chi connectivity index (χ4v) is 4.87. The summed E-state index contributed by atoms with van der Waals surface area (Å²) in [5.74, 6) is 2.58. The first-order chi connectivity index (χ1) is 13.5. The van der Waals surface area contributed by atoms with Crippen molar-refractivity contribution in [1.29, 1.82) is 0 Å². The normalized spacial score (nSPS) is 28.6. The molecule has 1 aromatic heterocycles. The summed E-state index contributed by atoms with van der Waals surface area (Å²) in [6, 6.07) is 1.67. The van der Waals surface area contributed by atoms with Crippen molar-refractivity contribution < 1.29 is 19.0 Å². The van der Waals surface area contributed by atoms with Gasteiger partial charge in [-0.3, -0.25) is 0 Å². The molecule has 2 fully saturated rings. The molecule has 3 aliphatic rings. The van der Waals surface area contributed by atoms with Crippen LogP contribution in [0.25, 0.3) is 0 Å². The van der Waals surface area contributed by atoms with Crippen LogP contribution in [0.4, 0.5) is 0 Å². The Morgan fingerprint density at radius 3 is 2.68 bits per heavy atom. The molecule has 1 aromatic rings. The van der Waals surface area contributed by atoms with E-state index in [4.69, 9.17) is 13.9 Å². The highest BCUT2D eigenvalue weighted by Gasteiger charge is 2.46. The average molecular weight is 389 g/mol. The fraction of sp³-hybridized carbons (Fsp3) is 0.696. The van der Waals surface area contributed by atoms with Gasteiger partial charge in [0.25, 0.3) is 0 Å². The van der Waals surface area contributed by atoms with Crippen molar-refractivity contribution in [1.82, 2.24) is 0 Å². The molecule has 1 N–H and O–H groups in total. The molecule has 0 bridgehead atoms. The van der Waals surface area contributed by atoms with E-state index in [1.165, 1.54) is 0 Å². The molecule has 154 valence electrons. The molecule has 3 heterocycles. The van der Waals surface area contributed by atoms with Crippen LogP contribution in [0.15, 0.2) is 27.1 Å². The Labute approximate surface area is 166 Å². The van der Waals surface area contributed by atoms with Crippen molar-refractivity contribution in [2.24, 2.45) is 11.8 Å². The second-order valence-electron chi connectivity index (χ2n) is 8.88. The lowest BCUT2D eigenvalue weighted by atomic mass is 9.84. The van der Waals surface area contributed by atoms with Crippen molar-refractivity contribution >= 4 is 0 Å². The quantitative estimate of drug-likeness (QED) is 0.714. The zero-order chi connectivity index (χ0) is 19.7. The van der Waals surface area contributed by atoms with Crippen molar-refractivity contribution in [3.05, 3.63) is 39.6 Å². The highest BCUT2D eigenvalue weighted by molar-refractivity contribution is 5.38. The first kappa shape index (κ1) is 19.6. The number of hydrogen-bond acceptors (Lipinski definition) is 5. The third-order valence-electron chi connectivity index (χ3n) is 6.56. The summed E-state index contributed by atoms with van der Waals surface area (Å²) in [6.07, 6.45) is 9.72. The van der Waals surface area contributed by atoms with Crippen LogP contribution in [-0.2, 0) is 15.1 Å². The Kier molecular flexibility index (Phi) is 5.55. The molecule has 0 spiro atoms. The van der Waals surface area contributed by atoms with Gasteiger partial charge < -0.3 is 19.0 Å². The summed E-state index contributed by atoms with van der Waals surface area (Å²) in [7, 11) is 0. The zero-order valence-corrected chi connectivity index (χ0v) is 17.0. The highest BCUT2D eigenvalue weighted by atomic mass is 16.5. The van der Waals surface area contributed by atoms with E-state index in [1.54, 1.807) is 6.07 Å². The number of aromatic hydroxyl groups is 1. The lowest BCUT2D eigenvalue weighted by Crippen LogP contribution is -2.32. The van der Waals surface area contributed by atoms with E-state index in [-0.39, 0.29) is 11.7 Å². The van der Waals surface area contributed by atoms with Crippen LogP contribution in [0.3, 0.4) is 0 Å². The molecule has 5 nitrogen and oxygen atoms in total. The van der Waals surface area contributed by atoms with E-state index in [1.807, 2.05) is 13.0 Å². The van der Waals surface area contributed by atoms with Crippen LogP contribution in [-0.4, -0.2) is 18.3 Å². The fourth-order valence-electron chi connectivity index (χ4n) is 4.87. The van der Waals surface area contributed by atoms with E-state index in [0.29, 0.717) is 29.6 Å². The monoisotopic (exact) mass is 388 g/mol. The topological polar surface area (TPSA) is 68.9 Å². The van der Waals surface area contributed by atoms with Crippen molar-refractivity contribution in [3.63, 3.8) is 0 Å². The van der Waals surface area contributed by atoms with Crippen LogP contribution in [0.1, 0.15) is 82.5 Å². The van der Waals surface area contributed by atoms with E-state index in [9.17, 15) is 9.90 Å². The minimum absolute atomic E-state index is 0.0216. The van der Waals surface area contributed by atoms with Crippen LogP contribution in [0.2, 0.25) is 0 Å². The molecule has 0 aromatic carbocycles. The molecule has 0 amide bonds. The third kappa shape index (κ3) is 4.00. The molecule has 2 aliphatic heterocycles. The number of allylic oxidation sites excluding steroid dienone is 1. The maximum absolute atomic E-state index is 13.0. The van der Waals surface area contributed by atoms with Crippen LogP contribution >= 0.6 is 0 Å². The predicted molar refractivity (Wildman–Crippen MR) is 106 cm³/mol. The van der Waals surface area contributed by atoms with Gasteiger partial charge in [0.1, 0.15) is 22.7 Å². The van der Waals surface area contributed by atoms with E-state index in [2.05, 4.69) is 6.92 Å². The second-order valence-corrected chi connectivity index (χ2v) is 8.88. The molecule has 4 rings (SSSR count). The molecule has 3 unspecified atom stereocenters. The first-order valence-electron chi connectivity index (χ1n) is 10.8. The third-order valence-corrected chi connectivity index (χ3v) is 6.56. The first-order valence-corrected chi connectivity index (χ1v) is 10.8. The van der Waals surface area contributed by atoms with Crippen LogP contribution in [0, 0.1) is 11.8 Å². The molecule has 0 radical (unpaired) electrons. The van der Waals surface area contributed by atoms with Crippen molar-refractivity contribution in [2.45, 2.75) is 76.7 Å². The summed E-state index contributed by atoms with van der Waals surface area (Å²) < 4.78 is 17.5. The van der Waals surface area contributed by atoms with Gasteiger partial charge in [-0.25, -0.2) is 4.79 Å². The molecule has 28 heavy (non-hydrogen) atoms. The van der Waals surface area contributed by atoms with E-state index < -0.39 is 11.2 Å². The van der Waals surface area contributed by atoms with Gasteiger partial charge in [0.05, 0.1) is 5.76 Å². The minimum Gasteiger partial charge on any atom is -0.507 e. The Morgan fingerprint density at radius 2 is 2.11 bits per heavy atom. The largest absolute Gasteiger partial charge is 0.507 e. The van der Waals surface area contributed by atoms with Gasteiger partial charge in [-0.2, -0.15) is 0 Å². The number of ether oxygens (including phenoxy) is 2. The van der Waals surface area contributed by atoms with Gasteiger partial charge in [-0.05, 0) is 56.9 Å². The Hall–Kier alpha value is -1.75. The van der Waals surface area contributed by atoms with Gasteiger partial charge in [-0.1, -0.05) is 19.8 Å². The van der Waals surface area contributed by atoms with Crippen LogP contribution < -0.4 is 5.63 Å². The SMILES string of the molecule is CCC(CC1CCCOC1)c1cc(O)c(C2(CC3CC3)CC=C(C)O2)c(=O)o1. The minimum atomic E-state index is -0.770. The molecule has 1 saturated heterocycles. The van der Waals surface area contributed by atoms with Crippen molar-refractivity contribution in [2.75, 3.05) is 13.2 Å².